The Morgan fingerprint density at radius 3 is 1.25 bits per heavy atom. The van der Waals surface area contributed by atoms with Crippen molar-refractivity contribution in [3.8, 4) is 77.9 Å². The smallest absolute Gasteiger partial charge is 0.0726 e. The van der Waals surface area contributed by atoms with Gasteiger partial charge in [0.1, 0.15) is 0 Å². The minimum absolute atomic E-state index is 0.512. The van der Waals surface area contributed by atoms with Crippen LogP contribution in [0.3, 0.4) is 0 Å². The number of fused-ring (bicyclic) bond motifs is 12. The second-order valence-corrected chi connectivity index (χ2v) is 21.5. The first-order valence-corrected chi connectivity index (χ1v) is 27.1. The molecule has 1 spiro atoms. The zero-order chi connectivity index (χ0) is 49.5. The van der Waals surface area contributed by atoms with Gasteiger partial charge in [0, 0.05) is 17.1 Å². The van der Waals surface area contributed by atoms with Gasteiger partial charge in [-0.1, -0.05) is 231 Å². The molecule has 2 saturated carbocycles. The molecule has 0 aromatic heterocycles. The zero-order valence-electron chi connectivity index (χ0n) is 41.9. The van der Waals surface area contributed by atoms with Crippen LogP contribution in [0.5, 0.6) is 0 Å². The minimum atomic E-state index is -0.512. The zero-order valence-corrected chi connectivity index (χ0v) is 41.9. The Morgan fingerprint density at radius 1 is 0.280 bits per heavy atom. The standard InChI is InChI=1S/C74H55N/c1-3-15-50(16-4-1)56-37-43-67-65-23-11-13-25-70(65)74(72(67)47-56)71-26-14-12-24-66(71)68-44-42-60(48-73(68)74)75(58-38-33-52(34-39-58)51-29-31-55(32-30-51)69-46-49-27-28-57(69)45-49)59-40-35-54(36-41-59)62-20-8-10-22-64(62)63-21-9-7-19-61(63)53-17-5-2-6-18-53/h1-26,29-44,47-49,57,69H,27-28,45-46H2. The molecular weight excluding hydrogens is 903 g/mol. The molecule has 15 rings (SSSR count). The molecule has 4 aliphatic rings. The number of hydrogen-bond acceptors (Lipinski definition) is 1. The summed E-state index contributed by atoms with van der Waals surface area (Å²) in [5.74, 6) is 2.54. The predicted molar refractivity (Wildman–Crippen MR) is 313 cm³/mol. The Hall–Kier alpha value is -8.78. The molecule has 1 nitrogen and oxygen atoms in total. The molecule has 0 radical (unpaired) electrons. The molecule has 4 unspecified atom stereocenters. The minimum Gasteiger partial charge on any atom is -0.310 e. The maximum atomic E-state index is 2.52. The Balaban J connectivity index is 0.874. The fraction of sp³-hybridized carbons (Fsp3) is 0.108. The van der Waals surface area contributed by atoms with Crippen LogP contribution in [0.25, 0.3) is 77.9 Å². The topological polar surface area (TPSA) is 3.24 Å². The lowest BCUT2D eigenvalue weighted by Gasteiger charge is -2.32. The van der Waals surface area contributed by atoms with Crippen LogP contribution in [0.1, 0.15) is 59.4 Å². The van der Waals surface area contributed by atoms with Gasteiger partial charge in [-0.05, 0) is 185 Å². The molecular formula is C74H55N. The quantitative estimate of drug-likeness (QED) is 0.139. The molecule has 11 aromatic rings. The van der Waals surface area contributed by atoms with E-state index in [1.807, 2.05) is 0 Å². The summed E-state index contributed by atoms with van der Waals surface area (Å²) in [4.78, 5) is 2.47. The van der Waals surface area contributed by atoms with Crippen molar-refractivity contribution in [3.05, 3.63) is 295 Å². The van der Waals surface area contributed by atoms with Gasteiger partial charge in [0.2, 0.25) is 0 Å². The maximum absolute atomic E-state index is 2.52. The van der Waals surface area contributed by atoms with Crippen molar-refractivity contribution in [1.82, 2.24) is 0 Å². The van der Waals surface area contributed by atoms with Crippen LogP contribution in [-0.4, -0.2) is 0 Å². The van der Waals surface area contributed by atoms with Gasteiger partial charge in [0.15, 0.2) is 0 Å². The van der Waals surface area contributed by atoms with Gasteiger partial charge in [-0.2, -0.15) is 0 Å². The Labute approximate surface area is 441 Å². The van der Waals surface area contributed by atoms with E-state index in [2.05, 4.69) is 272 Å². The largest absolute Gasteiger partial charge is 0.310 e. The second-order valence-electron chi connectivity index (χ2n) is 21.5. The number of rotatable bonds is 9. The summed E-state index contributed by atoms with van der Waals surface area (Å²) < 4.78 is 0. The summed E-state index contributed by atoms with van der Waals surface area (Å²) in [6.45, 7) is 0. The predicted octanol–water partition coefficient (Wildman–Crippen LogP) is 19.7. The van der Waals surface area contributed by atoms with E-state index in [4.69, 9.17) is 0 Å². The lowest BCUT2D eigenvalue weighted by Crippen LogP contribution is -2.26. The van der Waals surface area contributed by atoms with E-state index < -0.39 is 5.41 Å². The summed E-state index contributed by atoms with van der Waals surface area (Å²) >= 11 is 0. The lowest BCUT2D eigenvalue weighted by molar-refractivity contribution is 0.420. The van der Waals surface area contributed by atoms with Crippen molar-refractivity contribution < 1.29 is 0 Å². The number of nitrogens with zero attached hydrogens (tertiary/aromatic N) is 1. The highest BCUT2D eigenvalue weighted by Crippen LogP contribution is 2.64. The number of benzene rings is 11. The van der Waals surface area contributed by atoms with Gasteiger partial charge >= 0.3 is 0 Å². The lowest BCUT2D eigenvalue weighted by atomic mass is 9.70. The Morgan fingerprint density at radius 2 is 0.693 bits per heavy atom. The normalized spacial score (nSPS) is 18.4. The SMILES string of the molecule is c1ccc(-c2ccc3c(c2)C2(c4ccccc4-3)c3ccccc3-c3ccc(N(c4ccc(-c5ccc(C6CC7CCC6C7)cc5)cc4)c4ccc(-c5ccccc5-c5ccccc5-c5ccccc5)cc4)cc32)cc1. The third-order valence-corrected chi connectivity index (χ3v) is 17.6. The first-order valence-electron chi connectivity index (χ1n) is 27.1. The maximum Gasteiger partial charge on any atom is 0.0726 e. The average molecular weight is 958 g/mol. The molecule has 0 heterocycles. The van der Waals surface area contributed by atoms with E-state index >= 15 is 0 Å². The molecule has 2 fully saturated rings. The van der Waals surface area contributed by atoms with E-state index in [1.165, 1.54) is 131 Å². The summed E-state index contributed by atoms with van der Waals surface area (Å²) in [6.07, 6.45) is 5.64. The summed E-state index contributed by atoms with van der Waals surface area (Å²) in [7, 11) is 0. The first kappa shape index (κ1) is 43.8. The van der Waals surface area contributed by atoms with E-state index in [0.717, 1.165) is 34.8 Å². The van der Waals surface area contributed by atoms with E-state index in [0.29, 0.717) is 0 Å². The molecule has 0 aliphatic heterocycles. The summed E-state index contributed by atoms with van der Waals surface area (Å²) in [5.41, 5.74) is 27.1. The fourth-order valence-corrected chi connectivity index (χ4v) is 14.2. The summed E-state index contributed by atoms with van der Waals surface area (Å²) in [5, 5.41) is 0. The van der Waals surface area contributed by atoms with E-state index in [-0.39, 0.29) is 0 Å². The van der Waals surface area contributed by atoms with Gasteiger partial charge in [-0.25, -0.2) is 0 Å². The van der Waals surface area contributed by atoms with Gasteiger partial charge in [0.25, 0.3) is 0 Å². The number of hydrogen-bond donors (Lipinski definition) is 0. The van der Waals surface area contributed by atoms with Crippen LogP contribution >= 0.6 is 0 Å². The molecule has 75 heavy (non-hydrogen) atoms. The van der Waals surface area contributed by atoms with Gasteiger partial charge < -0.3 is 4.90 Å². The van der Waals surface area contributed by atoms with Crippen LogP contribution in [0, 0.1) is 11.8 Å². The highest BCUT2D eigenvalue weighted by atomic mass is 15.1. The monoisotopic (exact) mass is 957 g/mol. The van der Waals surface area contributed by atoms with Crippen molar-refractivity contribution in [2.75, 3.05) is 4.90 Å². The molecule has 4 aliphatic carbocycles. The molecule has 356 valence electrons. The molecule has 0 saturated heterocycles. The van der Waals surface area contributed by atoms with E-state index in [9.17, 15) is 0 Å². The van der Waals surface area contributed by atoms with Crippen LogP contribution in [0.4, 0.5) is 17.1 Å². The van der Waals surface area contributed by atoms with Crippen LogP contribution in [-0.2, 0) is 5.41 Å². The van der Waals surface area contributed by atoms with Gasteiger partial charge in [-0.15, -0.1) is 0 Å². The van der Waals surface area contributed by atoms with Crippen LogP contribution < -0.4 is 4.90 Å². The van der Waals surface area contributed by atoms with Crippen molar-refractivity contribution >= 4 is 17.1 Å². The van der Waals surface area contributed by atoms with Crippen molar-refractivity contribution in [2.24, 2.45) is 11.8 Å². The average Bonchev–Trinajstić information content (AvgIpc) is 4.31. The molecule has 1 heteroatoms. The fourth-order valence-electron chi connectivity index (χ4n) is 14.2. The molecule has 11 aromatic carbocycles. The second kappa shape index (κ2) is 17.7. The Bertz CT molecular complexity index is 3930. The summed E-state index contributed by atoms with van der Waals surface area (Å²) in [6, 6.07) is 100. The molecule has 0 N–H and O–H groups in total. The van der Waals surface area contributed by atoms with Crippen molar-refractivity contribution in [3.63, 3.8) is 0 Å². The van der Waals surface area contributed by atoms with Crippen molar-refractivity contribution in [1.29, 1.82) is 0 Å². The van der Waals surface area contributed by atoms with Gasteiger partial charge in [0.05, 0.1) is 5.41 Å². The van der Waals surface area contributed by atoms with E-state index in [1.54, 1.807) is 0 Å². The number of anilines is 3. The van der Waals surface area contributed by atoms with Gasteiger partial charge in [-0.3, -0.25) is 0 Å². The van der Waals surface area contributed by atoms with Crippen LogP contribution in [0.2, 0.25) is 0 Å². The first-order chi connectivity index (χ1) is 37.2. The molecule has 2 bridgehead atoms. The highest BCUT2D eigenvalue weighted by molar-refractivity contribution is 5.98. The molecule has 4 atom stereocenters. The third-order valence-electron chi connectivity index (χ3n) is 17.6. The molecule has 0 amide bonds. The van der Waals surface area contributed by atoms with Crippen molar-refractivity contribution in [2.45, 2.75) is 37.0 Å². The Kier molecular flexibility index (Phi) is 10.3. The highest BCUT2D eigenvalue weighted by Gasteiger charge is 2.52. The third kappa shape index (κ3) is 7.05. The van der Waals surface area contributed by atoms with Crippen LogP contribution in [0.15, 0.2) is 267 Å².